The Balaban J connectivity index is 0.000000168. The Morgan fingerprint density at radius 1 is 0.702 bits per heavy atom. The van der Waals surface area contributed by atoms with Crippen LogP contribution < -0.4 is 0 Å². The summed E-state index contributed by atoms with van der Waals surface area (Å²) in [5.41, 5.74) is 8.30. The predicted octanol–water partition coefficient (Wildman–Crippen LogP) is 10.9. The van der Waals surface area contributed by atoms with Gasteiger partial charge >= 0.3 is 18.1 Å². The number of carboxylic acids is 2. The molecule has 0 bridgehead atoms. The maximum atomic E-state index is 13.0. The van der Waals surface area contributed by atoms with Gasteiger partial charge in [0.15, 0.2) is 0 Å². The van der Waals surface area contributed by atoms with Crippen molar-refractivity contribution in [3.05, 3.63) is 152 Å². The molecule has 8 nitrogen and oxygen atoms in total. The zero-order valence-electron chi connectivity index (χ0n) is 31.1. The van der Waals surface area contributed by atoms with Crippen molar-refractivity contribution >= 4 is 49.7 Å². The van der Waals surface area contributed by atoms with Gasteiger partial charge in [0.1, 0.15) is 0 Å². The van der Waals surface area contributed by atoms with Crippen molar-refractivity contribution in [3.63, 3.8) is 0 Å². The molecule has 0 amide bonds. The number of aryl methyl sites for hydroxylation is 2. The average molecular weight is 836 g/mol. The molecule has 0 radical (unpaired) electrons. The van der Waals surface area contributed by atoms with Crippen LogP contribution in [0.25, 0.3) is 32.9 Å². The first-order chi connectivity index (χ1) is 27.2. The van der Waals surface area contributed by atoms with E-state index in [1.54, 1.807) is 18.3 Å². The summed E-state index contributed by atoms with van der Waals surface area (Å²) in [5, 5.41) is 21.3. The molecule has 2 saturated carbocycles. The van der Waals surface area contributed by atoms with Gasteiger partial charge in [-0.15, -0.1) is 0 Å². The molecule has 0 atom stereocenters. The van der Waals surface area contributed by atoms with E-state index >= 15 is 0 Å². The molecule has 7 aromatic rings. The van der Waals surface area contributed by atoms with Crippen molar-refractivity contribution in [1.29, 1.82) is 0 Å². The Morgan fingerprint density at radius 2 is 1.18 bits per heavy atom. The minimum absolute atomic E-state index is 0.198. The number of nitrogens with zero attached hydrogens (tertiary/aromatic N) is 4. The van der Waals surface area contributed by atoms with Crippen LogP contribution in [0.5, 0.6) is 0 Å². The lowest BCUT2D eigenvalue weighted by Gasteiger charge is -2.13. The smallest absolute Gasteiger partial charge is 0.416 e. The van der Waals surface area contributed by atoms with E-state index in [1.807, 2.05) is 61.5 Å². The van der Waals surface area contributed by atoms with Crippen LogP contribution in [0, 0.1) is 0 Å². The Kier molecular flexibility index (Phi) is 10.0. The average Bonchev–Trinajstić information content (AvgIpc) is 4.12. The standard InChI is InChI=1S/C26H21F3N2O2.C19H17BrN2O2/c1-31-9-8-18-10-15(12-23-22(25(32)33)13-19(14-30-23)16-2-3-16)11-21(24(18)31)17-4-6-20(7-5-17)26(27,28)29;1-22-5-4-13-6-11(7-16(20)18(13)22)8-17-15(19(23)24)9-14(10-21-17)12-2-3-12/h4-11,13-14,16H,2-3,12H2,1H3,(H,32,33);4-7,9-10,12H,2-3,8H2,1H3,(H,23,24). The van der Waals surface area contributed by atoms with Crippen LogP contribution >= 0.6 is 15.9 Å². The molecule has 3 aromatic carbocycles. The van der Waals surface area contributed by atoms with E-state index in [1.165, 1.54) is 12.1 Å². The molecule has 4 heterocycles. The van der Waals surface area contributed by atoms with Crippen molar-refractivity contribution < 1.29 is 33.0 Å². The molecular formula is C45H38BrF3N4O4. The fraction of sp³-hybridized carbons (Fsp3) is 0.244. The van der Waals surface area contributed by atoms with E-state index in [4.69, 9.17) is 0 Å². The van der Waals surface area contributed by atoms with Gasteiger partial charge in [0.2, 0.25) is 0 Å². The number of rotatable bonds is 9. The Hall–Kier alpha value is -5.75. The minimum atomic E-state index is -4.40. The second-order valence-corrected chi connectivity index (χ2v) is 15.9. The fourth-order valence-electron chi connectivity index (χ4n) is 7.55. The third-order valence-corrected chi connectivity index (χ3v) is 11.4. The molecule has 2 aliphatic rings. The van der Waals surface area contributed by atoms with Gasteiger partial charge in [0, 0.05) is 72.5 Å². The number of fused-ring (bicyclic) bond motifs is 2. The summed E-state index contributed by atoms with van der Waals surface area (Å²) in [6.45, 7) is 0. The van der Waals surface area contributed by atoms with Gasteiger partial charge in [0.25, 0.3) is 0 Å². The predicted molar refractivity (Wildman–Crippen MR) is 216 cm³/mol. The normalized spacial score (nSPS) is 14.1. The molecular weight excluding hydrogens is 797 g/mol. The van der Waals surface area contributed by atoms with E-state index in [0.29, 0.717) is 47.2 Å². The van der Waals surface area contributed by atoms with Gasteiger partial charge in [-0.2, -0.15) is 13.2 Å². The van der Waals surface area contributed by atoms with Crippen LogP contribution in [-0.2, 0) is 33.1 Å². The third kappa shape index (κ3) is 8.09. The number of aromatic nitrogens is 4. The lowest BCUT2D eigenvalue weighted by Crippen LogP contribution is -2.07. The maximum absolute atomic E-state index is 13.0. The summed E-state index contributed by atoms with van der Waals surface area (Å²) < 4.78 is 44.1. The fourth-order valence-corrected chi connectivity index (χ4v) is 8.35. The third-order valence-electron chi connectivity index (χ3n) is 10.8. The number of benzene rings is 3. The van der Waals surface area contributed by atoms with E-state index in [-0.39, 0.29) is 5.56 Å². The summed E-state index contributed by atoms with van der Waals surface area (Å²) >= 11 is 3.62. The van der Waals surface area contributed by atoms with Crippen molar-refractivity contribution in [2.24, 2.45) is 14.1 Å². The Morgan fingerprint density at radius 3 is 1.65 bits per heavy atom. The highest BCUT2D eigenvalue weighted by atomic mass is 79.9. The van der Waals surface area contributed by atoms with Crippen LogP contribution in [0.3, 0.4) is 0 Å². The van der Waals surface area contributed by atoms with Crippen LogP contribution in [0.2, 0.25) is 0 Å². The minimum Gasteiger partial charge on any atom is -0.478 e. The molecule has 9 rings (SSSR count). The molecule has 0 spiro atoms. The van der Waals surface area contributed by atoms with Gasteiger partial charge in [-0.3, -0.25) is 9.97 Å². The highest BCUT2D eigenvalue weighted by Gasteiger charge is 2.30. The van der Waals surface area contributed by atoms with Crippen molar-refractivity contribution in [3.8, 4) is 11.1 Å². The maximum Gasteiger partial charge on any atom is 0.416 e. The van der Waals surface area contributed by atoms with Crippen molar-refractivity contribution in [2.75, 3.05) is 0 Å². The molecule has 0 unspecified atom stereocenters. The highest BCUT2D eigenvalue weighted by Crippen LogP contribution is 2.41. The zero-order valence-corrected chi connectivity index (χ0v) is 32.7. The summed E-state index contributed by atoms with van der Waals surface area (Å²) in [5.74, 6) is -1.01. The molecule has 12 heteroatoms. The second kappa shape index (κ2) is 15.0. The monoisotopic (exact) mass is 834 g/mol. The number of halogens is 4. The molecule has 2 aliphatic carbocycles. The first-order valence-corrected chi connectivity index (χ1v) is 19.5. The van der Waals surface area contributed by atoms with E-state index in [9.17, 15) is 33.0 Å². The van der Waals surface area contributed by atoms with Crippen LogP contribution in [0.1, 0.15) is 97.4 Å². The van der Waals surface area contributed by atoms with Gasteiger partial charge in [0.05, 0.1) is 39.1 Å². The van der Waals surface area contributed by atoms with Crippen LogP contribution in [-0.4, -0.2) is 41.3 Å². The number of pyridine rings is 2. The first kappa shape index (κ1) is 38.1. The summed E-state index contributed by atoms with van der Waals surface area (Å²) in [7, 11) is 3.89. The summed E-state index contributed by atoms with van der Waals surface area (Å²) in [6.07, 6.45) is 8.33. The number of hydrogen-bond donors (Lipinski definition) is 2. The SMILES string of the molecule is Cn1ccc2cc(Cc3ncc(C4CC4)cc3C(=O)O)cc(-c3ccc(C(F)(F)F)cc3)c21.Cn1ccc2cc(Cc3ncc(C4CC4)cc3C(=O)O)cc(Br)c21. The van der Waals surface area contributed by atoms with E-state index in [0.717, 1.165) is 91.9 Å². The summed E-state index contributed by atoms with van der Waals surface area (Å²) in [6, 6.07) is 20.7. The molecule has 2 fully saturated rings. The van der Waals surface area contributed by atoms with Gasteiger partial charge in [-0.05, 0) is 142 Å². The van der Waals surface area contributed by atoms with Gasteiger partial charge < -0.3 is 19.3 Å². The first-order valence-electron chi connectivity index (χ1n) is 18.7. The molecule has 4 aromatic heterocycles. The van der Waals surface area contributed by atoms with Crippen molar-refractivity contribution in [2.45, 2.75) is 56.5 Å². The lowest BCUT2D eigenvalue weighted by molar-refractivity contribution is -0.137. The number of carbonyl (C=O) groups is 2. The molecule has 0 aliphatic heterocycles. The number of alkyl halides is 3. The number of carboxylic acid groups (broad SMARTS) is 2. The van der Waals surface area contributed by atoms with Crippen LogP contribution in [0.4, 0.5) is 13.2 Å². The van der Waals surface area contributed by atoms with Crippen molar-refractivity contribution in [1.82, 2.24) is 19.1 Å². The topological polar surface area (TPSA) is 110 Å². The van der Waals surface area contributed by atoms with E-state index < -0.39 is 23.7 Å². The molecule has 290 valence electrons. The largest absolute Gasteiger partial charge is 0.478 e. The highest BCUT2D eigenvalue weighted by molar-refractivity contribution is 9.10. The molecule has 57 heavy (non-hydrogen) atoms. The van der Waals surface area contributed by atoms with Gasteiger partial charge in [-0.25, -0.2) is 9.59 Å². The molecule has 0 saturated heterocycles. The Bertz CT molecular complexity index is 2690. The summed E-state index contributed by atoms with van der Waals surface area (Å²) in [4.78, 5) is 32.5. The Labute approximate surface area is 334 Å². The van der Waals surface area contributed by atoms with E-state index in [2.05, 4.69) is 42.6 Å². The number of aromatic carboxylic acids is 2. The quantitative estimate of drug-likeness (QED) is 0.150. The lowest BCUT2D eigenvalue weighted by atomic mass is 9.95. The molecule has 2 N–H and O–H groups in total. The second-order valence-electron chi connectivity index (χ2n) is 15.1. The zero-order chi connectivity index (χ0) is 40.2. The number of hydrogen-bond acceptors (Lipinski definition) is 4. The van der Waals surface area contributed by atoms with Crippen LogP contribution in [0.15, 0.2) is 102 Å². The van der Waals surface area contributed by atoms with Gasteiger partial charge in [-0.1, -0.05) is 12.1 Å².